The SMILES string of the molecule is CCC(N)CSCCCOCC(F)(F)F. The summed E-state index contributed by atoms with van der Waals surface area (Å²) in [4.78, 5) is 0. The lowest BCUT2D eigenvalue weighted by molar-refractivity contribution is -0.173. The van der Waals surface area contributed by atoms with Crippen molar-refractivity contribution < 1.29 is 17.9 Å². The molecule has 0 saturated carbocycles. The van der Waals surface area contributed by atoms with E-state index in [2.05, 4.69) is 4.74 Å². The van der Waals surface area contributed by atoms with Crippen LogP contribution in [0, 0.1) is 0 Å². The van der Waals surface area contributed by atoms with Crippen molar-refractivity contribution in [1.29, 1.82) is 0 Å². The van der Waals surface area contributed by atoms with E-state index >= 15 is 0 Å². The van der Waals surface area contributed by atoms with E-state index in [1.54, 1.807) is 11.8 Å². The normalized spacial score (nSPS) is 14.2. The van der Waals surface area contributed by atoms with Crippen LogP contribution < -0.4 is 5.73 Å². The van der Waals surface area contributed by atoms with Gasteiger partial charge in [0.1, 0.15) is 6.61 Å². The van der Waals surface area contributed by atoms with Crippen molar-refractivity contribution >= 4 is 11.8 Å². The van der Waals surface area contributed by atoms with Gasteiger partial charge in [-0.25, -0.2) is 0 Å². The third-order valence-electron chi connectivity index (χ3n) is 1.70. The lowest BCUT2D eigenvalue weighted by atomic mass is 10.3. The number of hydrogen-bond donors (Lipinski definition) is 1. The second-order valence-electron chi connectivity index (χ2n) is 3.26. The highest BCUT2D eigenvalue weighted by Gasteiger charge is 2.27. The van der Waals surface area contributed by atoms with Gasteiger partial charge in [-0.3, -0.25) is 0 Å². The molecule has 2 nitrogen and oxygen atoms in total. The van der Waals surface area contributed by atoms with Gasteiger partial charge in [-0.15, -0.1) is 0 Å². The van der Waals surface area contributed by atoms with Crippen LogP contribution in [0.1, 0.15) is 19.8 Å². The Balaban J connectivity index is 3.12. The number of ether oxygens (including phenoxy) is 1. The molecule has 0 heterocycles. The molecule has 0 saturated heterocycles. The van der Waals surface area contributed by atoms with E-state index in [1.807, 2.05) is 6.92 Å². The first-order valence-electron chi connectivity index (χ1n) is 4.93. The van der Waals surface area contributed by atoms with Crippen LogP contribution in [0.15, 0.2) is 0 Å². The maximum absolute atomic E-state index is 11.6. The fraction of sp³-hybridized carbons (Fsp3) is 1.00. The van der Waals surface area contributed by atoms with Crippen LogP contribution in [0.3, 0.4) is 0 Å². The van der Waals surface area contributed by atoms with E-state index in [-0.39, 0.29) is 12.6 Å². The van der Waals surface area contributed by atoms with Crippen molar-refractivity contribution in [2.75, 3.05) is 24.7 Å². The average molecular weight is 245 g/mol. The lowest BCUT2D eigenvalue weighted by Gasteiger charge is -2.09. The van der Waals surface area contributed by atoms with Gasteiger partial charge in [0, 0.05) is 18.4 Å². The average Bonchev–Trinajstić information content (AvgIpc) is 2.14. The van der Waals surface area contributed by atoms with Crippen molar-refractivity contribution in [3.05, 3.63) is 0 Å². The lowest BCUT2D eigenvalue weighted by Crippen LogP contribution is -2.21. The Morgan fingerprint density at radius 3 is 2.60 bits per heavy atom. The molecule has 6 heteroatoms. The maximum atomic E-state index is 11.6. The van der Waals surface area contributed by atoms with Crippen LogP contribution in [-0.2, 0) is 4.74 Å². The molecular formula is C9H18F3NOS. The smallest absolute Gasteiger partial charge is 0.372 e. The monoisotopic (exact) mass is 245 g/mol. The van der Waals surface area contributed by atoms with Crippen LogP contribution in [0.5, 0.6) is 0 Å². The van der Waals surface area contributed by atoms with Crippen LogP contribution in [-0.4, -0.2) is 36.9 Å². The van der Waals surface area contributed by atoms with Gasteiger partial charge >= 0.3 is 6.18 Å². The fourth-order valence-electron chi connectivity index (χ4n) is 0.804. The summed E-state index contributed by atoms with van der Waals surface area (Å²) in [7, 11) is 0. The fourth-order valence-corrected chi connectivity index (χ4v) is 1.83. The summed E-state index contributed by atoms with van der Waals surface area (Å²) in [6, 6.07) is 0.186. The van der Waals surface area contributed by atoms with Crippen molar-refractivity contribution in [1.82, 2.24) is 0 Å². The molecule has 0 bridgehead atoms. The van der Waals surface area contributed by atoms with E-state index in [9.17, 15) is 13.2 Å². The minimum Gasteiger partial charge on any atom is -0.372 e. The first-order chi connectivity index (χ1) is 6.95. The van der Waals surface area contributed by atoms with Crippen molar-refractivity contribution in [3.8, 4) is 0 Å². The van der Waals surface area contributed by atoms with Gasteiger partial charge in [-0.1, -0.05) is 6.92 Å². The van der Waals surface area contributed by atoms with Crippen LogP contribution >= 0.6 is 11.8 Å². The zero-order valence-electron chi connectivity index (χ0n) is 8.85. The highest BCUT2D eigenvalue weighted by molar-refractivity contribution is 7.99. The topological polar surface area (TPSA) is 35.2 Å². The van der Waals surface area contributed by atoms with Crippen molar-refractivity contribution in [2.24, 2.45) is 5.73 Å². The Kier molecular flexibility index (Phi) is 8.27. The Hall–Kier alpha value is 0.0600. The van der Waals surface area contributed by atoms with Gasteiger partial charge in [0.25, 0.3) is 0 Å². The molecule has 2 N–H and O–H groups in total. The summed E-state index contributed by atoms with van der Waals surface area (Å²) in [6.07, 6.45) is -2.65. The zero-order chi connectivity index (χ0) is 11.7. The standard InChI is InChI=1S/C9H18F3NOS/c1-2-8(13)6-15-5-3-4-14-7-9(10,11)12/h8H,2-7,13H2,1H3. The van der Waals surface area contributed by atoms with Gasteiger partial charge in [-0.2, -0.15) is 24.9 Å². The van der Waals surface area contributed by atoms with Crippen molar-refractivity contribution in [3.63, 3.8) is 0 Å². The maximum Gasteiger partial charge on any atom is 0.411 e. The molecule has 1 atom stereocenters. The van der Waals surface area contributed by atoms with Gasteiger partial charge in [0.15, 0.2) is 0 Å². The molecule has 0 aliphatic carbocycles. The van der Waals surface area contributed by atoms with Gasteiger partial charge in [-0.05, 0) is 18.6 Å². The predicted molar refractivity (Wildman–Crippen MR) is 57.1 cm³/mol. The molecule has 0 spiro atoms. The summed E-state index contributed by atoms with van der Waals surface area (Å²) in [5, 5.41) is 0. The van der Waals surface area contributed by atoms with E-state index in [0.29, 0.717) is 6.42 Å². The van der Waals surface area contributed by atoms with E-state index in [1.165, 1.54) is 0 Å². The number of alkyl halides is 3. The minimum atomic E-state index is -4.21. The quantitative estimate of drug-likeness (QED) is 0.667. The van der Waals surface area contributed by atoms with E-state index in [0.717, 1.165) is 17.9 Å². The van der Waals surface area contributed by atoms with Gasteiger partial charge in [0.2, 0.25) is 0 Å². The number of halogens is 3. The Morgan fingerprint density at radius 2 is 2.07 bits per heavy atom. The van der Waals surface area contributed by atoms with Crippen LogP contribution in [0.25, 0.3) is 0 Å². The second-order valence-corrected chi connectivity index (χ2v) is 4.41. The minimum absolute atomic E-state index is 0.161. The Bertz CT molecular complexity index is 155. The molecule has 0 radical (unpaired) electrons. The van der Waals surface area contributed by atoms with E-state index in [4.69, 9.17) is 5.73 Å². The van der Waals surface area contributed by atoms with Crippen LogP contribution in [0.4, 0.5) is 13.2 Å². The molecule has 0 aliphatic rings. The molecule has 0 amide bonds. The molecule has 92 valence electrons. The first kappa shape index (κ1) is 15.1. The first-order valence-corrected chi connectivity index (χ1v) is 6.09. The summed E-state index contributed by atoms with van der Waals surface area (Å²) in [5.41, 5.74) is 5.67. The molecule has 15 heavy (non-hydrogen) atoms. The molecule has 0 aliphatic heterocycles. The van der Waals surface area contributed by atoms with Crippen LogP contribution in [0.2, 0.25) is 0 Å². The van der Waals surface area contributed by atoms with Gasteiger partial charge in [0.05, 0.1) is 0 Å². The number of nitrogens with two attached hydrogens (primary N) is 1. The predicted octanol–water partition coefficient (Wildman–Crippen LogP) is 2.43. The molecule has 1 unspecified atom stereocenters. The summed E-state index contributed by atoms with van der Waals surface area (Å²) in [5.74, 6) is 1.65. The van der Waals surface area contributed by atoms with Crippen molar-refractivity contribution in [2.45, 2.75) is 32.0 Å². The third-order valence-corrected chi connectivity index (χ3v) is 2.94. The summed E-state index contributed by atoms with van der Waals surface area (Å²) < 4.78 is 39.4. The Morgan fingerprint density at radius 1 is 1.40 bits per heavy atom. The highest BCUT2D eigenvalue weighted by Crippen LogP contribution is 2.14. The summed E-state index contributed by atoms with van der Waals surface area (Å²) >= 11 is 1.66. The Labute approximate surface area is 92.7 Å². The number of rotatable bonds is 8. The molecule has 0 rings (SSSR count). The third kappa shape index (κ3) is 12.0. The molecule has 0 aromatic carbocycles. The number of hydrogen-bond acceptors (Lipinski definition) is 3. The van der Waals surface area contributed by atoms with Gasteiger partial charge < -0.3 is 10.5 Å². The largest absolute Gasteiger partial charge is 0.411 e. The molecule has 0 fully saturated rings. The second kappa shape index (κ2) is 8.24. The molecule has 0 aromatic rings. The molecule has 0 aromatic heterocycles. The molecular weight excluding hydrogens is 227 g/mol. The van der Waals surface area contributed by atoms with E-state index < -0.39 is 12.8 Å². The highest BCUT2D eigenvalue weighted by atomic mass is 32.2. The number of thioether (sulfide) groups is 1. The zero-order valence-corrected chi connectivity index (χ0v) is 9.66. The summed E-state index contributed by atoms with van der Waals surface area (Å²) in [6.45, 7) is 1.03.